The van der Waals surface area contributed by atoms with Crippen LogP contribution in [0.25, 0.3) is 55.7 Å². The highest BCUT2D eigenvalue weighted by Gasteiger charge is 2.41. The van der Waals surface area contributed by atoms with Gasteiger partial charge in [0, 0.05) is 81.1 Å². The van der Waals surface area contributed by atoms with Crippen LogP contribution in [0.5, 0.6) is 0 Å². The van der Waals surface area contributed by atoms with Gasteiger partial charge < -0.3 is 19.3 Å². The molecule has 7 heterocycles. The zero-order valence-electron chi connectivity index (χ0n) is 39.0. The van der Waals surface area contributed by atoms with Gasteiger partial charge in [-0.1, -0.05) is 72.8 Å². The van der Waals surface area contributed by atoms with E-state index in [4.69, 9.17) is 24.4 Å². The fourth-order valence-corrected chi connectivity index (χ4v) is 11.9. The summed E-state index contributed by atoms with van der Waals surface area (Å²) in [5, 5.41) is 0. The number of sulfonamides is 2. The van der Waals surface area contributed by atoms with Crippen LogP contribution in [-0.2, 0) is 42.6 Å². The molecule has 0 amide bonds. The van der Waals surface area contributed by atoms with E-state index >= 15 is 0 Å². The van der Waals surface area contributed by atoms with Gasteiger partial charge in [-0.05, 0) is 83.8 Å². The van der Waals surface area contributed by atoms with Gasteiger partial charge in [-0.15, -0.1) is 0 Å². The molecule has 18 heteroatoms. The quantitative estimate of drug-likeness (QED) is 0.113. The first-order chi connectivity index (χ1) is 34.8. The van der Waals surface area contributed by atoms with Crippen molar-refractivity contribution in [2.24, 2.45) is 0 Å². The molecule has 0 radical (unpaired) electrons. The van der Waals surface area contributed by atoms with Crippen LogP contribution >= 0.6 is 0 Å². The number of rotatable bonds is 13. The Morgan fingerprint density at radius 2 is 1.18 bits per heavy atom. The molecule has 368 valence electrons. The average molecular weight is 1010 g/mol. The van der Waals surface area contributed by atoms with Gasteiger partial charge in [0.05, 0.1) is 63.3 Å². The first-order valence-corrected chi connectivity index (χ1v) is 26.8. The van der Waals surface area contributed by atoms with Crippen LogP contribution in [0, 0.1) is 0 Å². The highest BCUT2D eigenvalue weighted by molar-refractivity contribution is 7.89. The SMILES string of the molecule is O=S(=O)(NCc1cccc(-c2cnc3ccc(-c4cccc(S(=O)(=O)NCc5ccccc5)c4)nc3c2N2CCC3(CC2)OCCO3)c1)c1cccc(-c2ccc3nccc(N4CCCC(F)(F)C4)c3n2)c1. The van der Waals surface area contributed by atoms with Crippen LogP contribution in [-0.4, -0.2) is 87.9 Å². The Hall–Kier alpha value is -6.80. The van der Waals surface area contributed by atoms with Crippen molar-refractivity contribution in [1.82, 2.24) is 29.4 Å². The van der Waals surface area contributed by atoms with Crippen molar-refractivity contribution in [2.45, 2.75) is 60.3 Å². The van der Waals surface area contributed by atoms with E-state index in [0.29, 0.717) is 108 Å². The molecule has 4 aromatic carbocycles. The smallest absolute Gasteiger partial charge is 0.265 e. The number of aromatic nitrogens is 4. The minimum atomic E-state index is -4.05. The highest BCUT2D eigenvalue weighted by atomic mass is 32.2. The van der Waals surface area contributed by atoms with Crippen molar-refractivity contribution in [3.63, 3.8) is 0 Å². The zero-order valence-corrected chi connectivity index (χ0v) is 40.7. The molecule has 11 rings (SSSR count). The summed E-state index contributed by atoms with van der Waals surface area (Å²) < 4.78 is 102. The molecule has 72 heavy (non-hydrogen) atoms. The van der Waals surface area contributed by atoms with Gasteiger partial charge in [0.25, 0.3) is 5.92 Å². The second kappa shape index (κ2) is 19.3. The van der Waals surface area contributed by atoms with E-state index in [0.717, 1.165) is 22.4 Å². The summed E-state index contributed by atoms with van der Waals surface area (Å²) in [6.07, 6.45) is 4.85. The number of ether oxygens (including phenoxy) is 2. The highest BCUT2D eigenvalue weighted by Crippen LogP contribution is 2.41. The lowest BCUT2D eigenvalue weighted by Crippen LogP contribution is -2.45. The molecule has 3 aliphatic rings. The van der Waals surface area contributed by atoms with Crippen molar-refractivity contribution >= 4 is 53.5 Å². The molecule has 3 saturated heterocycles. The van der Waals surface area contributed by atoms with Crippen LogP contribution in [0.15, 0.2) is 156 Å². The fourth-order valence-electron chi connectivity index (χ4n) is 9.81. The molecule has 0 atom stereocenters. The summed E-state index contributed by atoms with van der Waals surface area (Å²) in [7, 11) is -7.91. The number of nitrogens with zero attached hydrogens (tertiary/aromatic N) is 6. The molecular formula is C54H50F2N8O6S2. The van der Waals surface area contributed by atoms with Gasteiger partial charge in [-0.3, -0.25) is 9.97 Å². The van der Waals surface area contributed by atoms with Crippen LogP contribution in [0.4, 0.5) is 20.2 Å². The maximum atomic E-state index is 14.5. The molecule has 4 aromatic heterocycles. The number of fused-ring (bicyclic) bond motifs is 2. The Labute approximate surface area is 416 Å². The summed E-state index contributed by atoms with van der Waals surface area (Å²) in [6.45, 7) is 2.46. The molecule has 0 aliphatic carbocycles. The molecule has 2 N–H and O–H groups in total. The number of piperidine rings is 2. The lowest BCUT2D eigenvalue weighted by Gasteiger charge is -2.39. The van der Waals surface area contributed by atoms with Crippen molar-refractivity contribution in [2.75, 3.05) is 49.2 Å². The van der Waals surface area contributed by atoms with Gasteiger partial charge in [0.2, 0.25) is 20.0 Å². The van der Waals surface area contributed by atoms with Gasteiger partial charge in [-0.2, -0.15) is 0 Å². The van der Waals surface area contributed by atoms with Gasteiger partial charge in [0.1, 0.15) is 11.0 Å². The molecule has 3 fully saturated rings. The van der Waals surface area contributed by atoms with E-state index < -0.39 is 38.3 Å². The summed E-state index contributed by atoms with van der Waals surface area (Å²) in [4.78, 5) is 23.4. The van der Waals surface area contributed by atoms with Crippen LogP contribution in [0.1, 0.15) is 36.8 Å². The zero-order chi connectivity index (χ0) is 49.5. The molecule has 0 bridgehead atoms. The molecule has 0 saturated carbocycles. The third kappa shape index (κ3) is 9.89. The van der Waals surface area contributed by atoms with Crippen molar-refractivity contribution in [3.05, 3.63) is 157 Å². The van der Waals surface area contributed by atoms with E-state index in [-0.39, 0.29) is 29.3 Å². The largest absolute Gasteiger partial charge is 0.369 e. The minimum Gasteiger partial charge on any atom is -0.369 e. The lowest BCUT2D eigenvalue weighted by atomic mass is 9.98. The third-order valence-electron chi connectivity index (χ3n) is 13.5. The van der Waals surface area contributed by atoms with E-state index in [1.165, 1.54) is 6.07 Å². The standard InChI is InChI=1S/C54H50F2N8O6S2/c55-53(56)21-7-25-64(36-53)49-20-24-57-47-18-16-45(61-50(47)49)40-12-5-15-43(31-40)72(67,68)60-34-38-10-4-11-39(30-38)44-35-58-48-19-17-46(62-51(48)52(44)63-26-22-54(23-27-63)69-28-29-70-54)41-13-6-14-42(32-41)71(65,66)59-33-37-8-2-1-3-9-37/h1-6,8-20,24,30-32,35,59-60H,7,21-23,25-29,33-34,36H2. The summed E-state index contributed by atoms with van der Waals surface area (Å²) >= 11 is 0. The number of halogens is 2. The Kier molecular flexibility index (Phi) is 12.8. The Balaban J connectivity index is 0.877. The number of hydrogen-bond acceptors (Lipinski definition) is 12. The summed E-state index contributed by atoms with van der Waals surface area (Å²) in [5.41, 5.74) is 8.98. The minimum absolute atomic E-state index is 0.0246. The Morgan fingerprint density at radius 3 is 1.85 bits per heavy atom. The fraction of sp³-hybridized carbons (Fsp3) is 0.259. The van der Waals surface area contributed by atoms with Crippen LogP contribution in [0.2, 0.25) is 0 Å². The first kappa shape index (κ1) is 47.5. The summed E-state index contributed by atoms with van der Waals surface area (Å²) in [5.74, 6) is -3.45. The van der Waals surface area contributed by atoms with Crippen molar-refractivity contribution < 1.29 is 35.1 Å². The van der Waals surface area contributed by atoms with Crippen molar-refractivity contribution in [1.29, 1.82) is 0 Å². The molecule has 14 nitrogen and oxygen atoms in total. The van der Waals surface area contributed by atoms with Gasteiger partial charge >= 0.3 is 0 Å². The van der Waals surface area contributed by atoms with E-state index in [2.05, 4.69) is 19.3 Å². The Morgan fingerprint density at radius 1 is 0.583 bits per heavy atom. The predicted molar refractivity (Wildman–Crippen MR) is 272 cm³/mol. The molecule has 1 spiro atoms. The predicted octanol–water partition coefficient (Wildman–Crippen LogP) is 9.11. The normalized spacial score (nSPS) is 17.0. The monoisotopic (exact) mass is 1010 g/mol. The molecule has 0 unspecified atom stereocenters. The maximum absolute atomic E-state index is 14.5. The number of anilines is 2. The Bertz CT molecular complexity index is 3560. The molecular weight excluding hydrogens is 959 g/mol. The van der Waals surface area contributed by atoms with Crippen LogP contribution in [0.3, 0.4) is 0 Å². The number of nitrogens with one attached hydrogen (secondary N) is 2. The number of alkyl halides is 2. The summed E-state index contributed by atoms with van der Waals surface area (Å²) in [6, 6.07) is 39.1. The van der Waals surface area contributed by atoms with Crippen LogP contribution < -0.4 is 19.2 Å². The number of hydrogen-bond donors (Lipinski definition) is 2. The van der Waals surface area contributed by atoms with E-state index in [1.807, 2.05) is 79.0 Å². The van der Waals surface area contributed by atoms with Gasteiger partial charge in [0.15, 0.2) is 5.79 Å². The second-order valence-electron chi connectivity index (χ2n) is 18.3. The first-order valence-electron chi connectivity index (χ1n) is 23.9. The molecule has 3 aliphatic heterocycles. The second-order valence-corrected chi connectivity index (χ2v) is 21.9. The average Bonchev–Trinajstić information content (AvgIpc) is 3.87. The molecule has 8 aromatic rings. The van der Waals surface area contributed by atoms with Crippen molar-refractivity contribution in [3.8, 4) is 33.6 Å². The lowest BCUT2D eigenvalue weighted by molar-refractivity contribution is -0.169. The van der Waals surface area contributed by atoms with Gasteiger partial charge in [-0.25, -0.2) is 45.0 Å². The number of pyridine rings is 4. The third-order valence-corrected chi connectivity index (χ3v) is 16.3. The topological polar surface area (TPSA) is 169 Å². The van der Waals surface area contributed by atoms with E-state index in [1.54, 1.807) is 65.7 Å². The number of benzene rings is 4. The van der Waals surface area contributed by atoms with E-state index in [9.17, 15) is 25.6 Å². The maximum Gasteiger partial charge on any atom is 0.265 e.